The zero-order valence-corrected chi connectivity index (χ0v) is 37.0. The molecule has 2 heteroatoms. The average molecular weight is 825 g/mol. The molecule has 0 heterocycles. The quantitative estimate of drug-likeness (QED) is 0.121. The van der Waals surface area contributed by atoms with Crippen LogP contribution >= 0.6 is 0 Å². The minimum atomic E-state index is 1.11. The average Bonchev–Trinajstić information content (AvgIpc) is 3.34. The molecule has 310 valence electrons. The summed E-state index contributed by atoms with van der Waals surface area (Å²) in [5.41, 5.74) is 21.1. The molecule has 0 amide bonds. The van der Waals surface area contributed by atoms with Crippen LogP contribution in [0.2, 0.25) is 0 Å². The minimum absolute atomic E-state index is 1.11. The van der Waals surface area contributed by atoms with Crippen LogP contribution in [-0.2, 0) is 0 Å². The van der Waals surface area contributed by atoms with Crippen molar-refractivity contribution in [3.8, 4) is 22.3 Å². The lowest BCUT2D eigenvalue weighted by Crippen LogP contribution is -2.12. The number of benzene rings is 9. The molecule has 0 unspecified atom stereocenters. The van der Waals surface area contributed by atoms with Gasteiger partial charge in [0.2, 0.25) is 0 Å². The van der Waals surface area contributed by atoms with E-state index in [1.165, 1.54) is 66.8 Å². The zero-order valence-electron chi connectivity index (χ0n) is 37.0. The normalized spacial score (nSPS) is 10.8. The van der Waals surface area contributed by atoms with Gasteiger partial charge in [-0.15, -0.1) is 0 Å². The molecule has 0 aliphatic rings. The van der Waals surface area contributed by atoms with Gasteiger partial charge in [-0.2, -0.15) is 0 Å². The predicted octanol–water partition coefficient (Wildman–Crippen LogP) is 16.7. The molecule has 0 radical (unpaired) electrons. The van der Waals surface area contributed by atoms with Gasteiger partial charge in [-0.3, -0.25) is 0 Å². The number of nitrogens with zero attached hydrogens (tertiary/aromatic N) is 2. The summed E-state index contributed by atoms with van der Waals surface area (Å²) in [5.74, 6) is 0. The van der Waals surface area contributed by atoms with Crippen LogP contribution in [-0.4, -0.2) is 0 Å². The van der Waals surface area contributed by atoms with E-state index in [-0.39, 0.29) is 0 Å². The molecule has 0 saturated heterocycles. The fourth-order valence-electron chi connectivity index (χ4n) is 8.40. The van der Waals surface area contributed by atoms with E-state index in [1.807, 2.05) is 0 Å². The van der Waals surface area contributed by atoms with E-state index in [2.05, 4.69) is 280 Å². The Balaban J connectivity index is 1.04. The van der Waals surface area contributed by atoms with Crippen molar-refractivity contribution in [3.63, 3.8) is 0 Å². The molecule has 0 atom stereocenters. The fraction of sp³-hybridized carbons (Fsp3) is 0.0645. The molecule has 64 heavy (non-hydrogen) atoms. The van der Waals surface area contributed by atoms with E-state index in [9.17, 15) is 0 Å². The van der Waals surface area contributed by atoms with Gasteiger partial charge < -0.3 is 9.80 Å². The van der Waals surface area contributed by atoms with E-state index in [1.54, 1.807) is 0 Å². The van der Waals surface area contributed by atoms with Crippen LogP contribution in [0.5, 0.6) is 0 Å². The molecular formula is C62H52N2. The third-order valence-electron chi connectivity index (χ3n) is 11.9. The van der Waals surface area contributed by atoms with Gasteiger partial charge in [-0.1, -0.05) is 193 Å². The summed E-state index contributed by atoms with van der Waals surface area (Å²) in [6.45, 7) is 8.71. The second-order valence-corrected chi connectivity index (χ2v) is 16.5. The Morgan fingerprint density at radius 3 is 0.859 bits per heavy atom. The van der Waals surface area contributed by atoms with E-state index >= 15 is 0 Å². The first-order valence-electron chi connectivity index (χ1n) is 22.1. The summed E-state index contributed by atoms with van der Waals surface area (Å²) in [7, 11) is 0. The second kappa shape index (κ2) is 19.0. The van der Waals surface area contributed by atoms with Crippen molar-refractivity contribution in [3.05, 3.63) is 287 Å². The van der Waals surface area contributed by atoms with Crippen molar-refractivity contribution in [1.29, 1.82) is 0 Å². The summed E-state index contributed by atoms with van der Waals surface area (Å²) in [5, 5.41) is 0. The number of rotatable bonds is 12. The van der Waals surface area contributed by atoms with Gasteiger partial charge in [0, 0.05) is 46.3 Å². The monoisotopic (exact) mass is 824 g/mol. The molecule has 0 saturated carbocycles. The van der Waals surface area contributed by atoms with Crippen LogP contribution in [0.1, 0.15) is 44.5 Å². The van der Waals surface area contributed by atoms with Gasteiger partial charge in [-0.25, -0.2) is 0 Å². The second-order valence-electron chi connectivity index (χ2n) is 16.5. The minimum Gasteiger partial charge on any atom is -0.316 e. The molecule has 0 aliphatic carbocycles. The van der Waals surface area contributed by atoms with Crippen molar-refractivity contribution < 1.29 is 0 Å². The van der Waals surface area contributed by atoms with Crippen LogP contribution < -0.4 is 9.80 Å². The van der Waals surface area contributed by atoms with Crippen molar-refractivity contribution in [2.45, 2.75) is 27.7 Å². The van der Waals surface area contributed by atoms with Gasteiger partial charge >= 0.3 is 0 Å². The van der Waals surface area contributed by atoms with Crippen LogP contribution in [0.4, 0.5) is 22.7 Å². The molecule has 9 rings (SSSR count). The molecule has 9 aromatic carbocycles. The highest BCUT2D eigenvalue weighted by Gasteiger charge is 2.17. The topological polar surface area (TPSA) is 6.48 Å². The molecule has 0 aromatic heterocycles. The summed E-state index contributed by atoms with van der Waals surface area (Å²) in [4.78, 5) is 4.67. The maximum atomic E-state index is 2.34. The van der Waals surface area contributed by atoms with Crippen molar-refractivity contribution in [2.75, 3.05) is 9.80 Å². The van der Waals surface area contributed by atoms with E-state index in [0.29, 0.717) is 0 Å². The number of hydrogen-bond acceptors (Lipinski definition) is 2. The van der Waals surface area contributed by atoms with Crippen LogP contribution in [0, 0.1) is 27.7 Å². The highest BCUT2D eigenvalue weighted by atomic mass is 15.1. The van der Waals surface area contributed by atoms with E-state index in [4.69, 9.17) is 0 Å². The third kappa shape index (κ3) is 9.28. The summed E-state index contributed by atoms with van der Waals surface area (Å²) in [6.07, 6.45) is 4.59. The maximum absolute atomic E-state index is 2.34. The van der Waals surface area contributed by atoms with Gasteiger partial charge in [0.05, 0.1) is 0 Å². The SMILES string of the molecule is Cc1ccc(N(C=C(c2ccccc2)c2ccccc2)c2ccc(-c3ccc(-c4ccc(N(C=C(c5ccccc5)c5ccccc5)c5ccc(C)cc5)c(C)c4)cc3)cc2C)cc1. The zero-order chi connectivity index (χ0) is 43.8. The Kier molecular flexibility index (Phi) is 12.3. The van der Waals surface area contributed by atoms with Gasteiger partial charge in [-0.05, 0) is 132 Å². The first kappa shape index (κ1) is 41.4. The van der Waals surface area contributed by atoms with Crippen molar-refractivity contribution in [2.24, 2.45) is 0 Å². The van der Waals surface area contributed by atoms with E-state index < -0.39 is 0 Å². The summed E-state index contributed by atoms with van der Waals surface area (Å²) in [6, 6.07) is 82.9. The Morgan fingerprint density at radius 2 is 0.578 bits per heavy atom. The first-order chi connectivity index (χ1) is 31.4. The highest BCUT2D eigenvalue weighted by molar-refractivity contribution is 5.87. The number of aryl methyl sites for hydroxylation is 4. The largest absolute Gasteiger partial charge is 0.316 e. The summed E-state index contributed by atoms with van der Waals surface area (Å²) >= 11 is 0. The molecule has 0 spiro atoms. The lowest BCUT2D eigenvalue weighted by atomic mass is 9.96. The summed E-state index contributed by atoms with van der Waals surface area (Å²) < 4.78 is 0. The number of hydrogen-bond donors (Lipinski definition) is 0. The Hall–Kier alpha value is -7.94. The molecule has 9 aromatic rings. The van der Waals surface area contributed by atoms with Crippen LogP contribution in [0.25, 0.3) is 33.4 Å². The Bertz CT molecular complexity index is 2730. The lowest BCUT2D eigenvalue weighted by molar-refractivity contribution is 1.24. The van der Waals surface area contributed by atoms with Gasteiger partial charge in [0.1, 0.15) is 0 Å². The molecule has 0 aliphatic heterocycles. The highest BCUT2D eigenvalue weighted by Crippen LogP contribution is 2.38. The first-order valence-corrected chi connectivity index (χ1v) is 22.1. The standard InChI is InChI=1S/C62H52N2/c1-45-25-35-57(36-26-45)63(43-59(51-17-9-5-10-18-51)52-19-11-6-12-20-52)61-39-33-55(41-47(61)3)49-29-31-50(32-30-49)56-34-40-62(48(4)42-56)64(58-37-27-46(2)28-38-58)44-60(53-21-13-7-14-22-53)54-23-15-8-16-24-54/h5-44H,1-4H3. The fourth-order valence-corrected chi connectivity index (χ4v) is 8.40. The van der Waals surface area contributed by atoms with Crippen LogP contribution in [0.15, 0.2) is 243 Å². The molecule has 0 N–H and O–H groups in total. The van der Waals surface area contributed by atoms with Crippen molar-refractivity contribution >= 4 is 33.9 Å². The molecule has 0 fully saturated rings. The van der Waals surface area contributed by atoms with Gasteiger partial charge in [0.15, 0.2) is 0 Å². The molecule has 0 bridgehead atoms. The maximum Gasteiger partial charge on any atom is 0.0485 e. The van der Waals surface area contributed by atoms with Crippen molar-refractivity contribution in [1.82, 2.24) is 0 Å². The van der Waals surface area contributed by atoms with Gasteiger partial charge in [0.25, 0.3) is 0 Å². The van der Waals surface area contributed by atoms with E-state index in [0.717, 1.165) is 33.9 Å². The third-order valence-corrected chi connectivity index (χ3v) is 11.9. The predicted molar refractivity (Wildman–Crippen MR) is 273 cm³/mol. The molecular weight excluding hydrogens is 773 g/mol. The Morgan fingerprint density at radius 1 is 0.297 bits per heavy atom. The Labute approximate surface area is 379 Å². The van der Waals surface area contributed by atoms with Crippen LogP contribution in [0.3, 0.4) is 0 Å². The lowest BCUT2D eigenvalue weighted by Gasteiger charge is -2.26. The molecule has 2 nitrogen and oxygen atoms in total. The smallest absolute Gasteiger partial charge is 0.0485 e. The number of anilines is 4.